The van der Waals surface area contributed by atoms with Crippen molar-refractivity contribution in [2.75, 3.05) is 25.5 Å². The van der Waals surface area contributed by atoms with Gasteiger partial charge >= 0.3 is 5.97 Å². The second-order valence-corrected chi connectivity index (χ2v) is 5.63. The fourth-order valence-electron chi connectivity index (χ4n) is 2.05. The zero-order valence-corrected chi connectivity index (χ0v) is 14.4. The SMILES string of the molecule is CCN(CC)C(=O)c1sc(NC(=O)CC#N)c(C(=O)OC)c1C. The number of nitrogens with one attached hydrogen (secondary N) is 1. The zero-order chi connectivity index (χ0) is 17.6. The highest BCUT2D eigenvalue weighted by Gasteiger charge is 2.27. The molecule has 1 aromatic heterocycles. The molecule has 7 nitrogen and oxygen atoms in total. The molecule has 0 bridgehead atoms. The Bertz CT molecular complexity index is 656. The lowest BCUT2D eigenvalue weighted by molar-refractivity contribution is -0.115. The van der Waals surface area contributed by atoms with Gasteiger partial charge < -0.3 is 15.0 Å². The van der Waals surface area contributed by atoms with Crippen molar-refractivity contribution in [2.24, 2.45) is 0 Å². The van der Waals surface area contributed by atoms with Gasteiger partial charge in [-0.25, -0.2) is 4.79 Å². The Balaban J connectivity index is 3.32. The van der Waals surface area contributed by atoms with E-state index in [1.165, 1.54) is 7.11 Å². The van der Waals surface area contributed by atoms with Gasteiger partial charge in [0.25, 0.3) is 5.91 Å². The van der Waals surface area contributed by atoms with Crippen molar-refractivity contribution < 1.29 is 19.1 Å². The average Bonchev–Trinajstić information content (AvgIpc) is 2.84. The van der Waals surface area contributed by atoms with E-state index in [-0.39, 0.29) is 22.9 Å². The van der Waals surface area contributed by atoms with Crippen LogP contribution in [0.25, 0.3) is 0 Å². The number of nitrogens with zero attached hydrogens (tertiary/aromatic N) is 2. The number of thiophene rings is 1. The molecule has 0 saturated heterocycles. The molecule has 1 N–H and O–H groups in total. The second kappa shape index (κ2) is 8.29. The minimum absolute atomic E-state index is 0.152. The Labute approximate surface area is 138 Å². The Hall–Kier alpha value is -2.40. The van der Waals surface area contributed by atoms with Crippen LogP contribution in [0.5, 0.6) is 0 Å². The number of anilines is 1. The predicted molar refractivity (Wildman–Crippen MR) is 86.5 cm³/mol. The first kappa shape index (κ1) is 18.6. The molecule has 0 unspecified atom stereocenters. The molecule has 0 spiro atoms. The molecule has 23 heavy (non-hydrogen) atoms. The maximum atomic E-state index is 12.5. The van der Waals surface area contributed by atoms with Crippen LogP contribution >= 0.6 is 11.3 Å². The number of nitriles is 1. The number of amides is 2. The lowest BCUT2D eigenvalue weighted by Gasteiger charge is -2.17. The van der Waals surface area contributed by atoms with Crippen molar-refractivity contribution in [3.05, 3.63) is 16.0 Å². The van der Waals surface area contributed by atoms with Crippen LogP contribution in [-0.2, 0) is 9.53 Å². The summed E-state index contributed by atoms with van der Waals surface area (Å²) in [7, 11) is 1.23. The second-order valence-electron chi connectivity index (χ2n) is 4.61. The largest absolute Gasteiger partial charge is 0.465 e. The van der Waals surface area contributed by atoms with E-state index in [0.717, 1.165) is 11.3 Å². The van der Waals surface area contributed by atoms with Gasteiger partial charge in [0, 0.05) is 13.1 Å². The van der Waals surface area contributed by atoms with Gasteiger partial charge in [-0.05, 0) is 26.3 Å². The summed E-state index contributed by atoms with van der Waals surface area (Å²) in [5.41, 5.74) is 0.616. The Morgan fingerprint density at radius 1 is 1.30 bits per heavy atom. The summed E-state index contributed by atoms with van der Waals surface area (Å²) in [6, 6.07) is 1.73. The molecule has 1 aromatic rings. The normalized spacial score (nSPS) is 9.87. The molecule has 0 atom stereocenters. The number of methoxy groups -OCH3 is 1. The van der Waals surface area contributed by atoms with Crippen LogP contribution in [0.2, 0.25) is 0 Å². The van der Waals surface area contributed by atoms with E-state index in [4.69, 9.17) is 10.00 Å². The van der Waals surface area contributed by atoms with E-state index in [2.05, 4.69) is 5.32 Å². The molecule has 1 heterocycles. The van der Waals surface area contributed by atoms with Crippen molar-refractivity contribution in [3.8, 4) is 6.07 Å². The fraction of sp³-hybridized carbons (Fsp3) is 0.467. The van der Waals surface area contributed by atoms with E-state index >= 15 is 0 Å². The molecular formula is C15H19N3O4S. The molecule has 8 heteroatoms. The summed E-state index contributed by atoms with van der Waals surface area (Å²) in [6.07, 6.45) is -0.336. The van der Waals surface area contributed by atoms with E-state index in [0.29, 0.717) is 23.5 Å². The number of hydrogen-bond acceptors (Lipinski definition) is 6. The third-order valence-corrected chi connectivity index (χ3v) is 4.47. The molecule has 0 aliphatic carbocycles. The first-order valence-electron chi connectivity index (χ1n) is 7.08. The molecule has 1 rings (SSSR count). The van der Waals surface area contributed by atoms with E-state index in [1.807, 2.05) is 13.8 Å². The first-order chi connectivity index (χ1) is 10.9. The van der Waals surface area contributed by atoms with Crippen LogP contribution in [0.3, 0.4) is 0 Å². The van der Waals surface area contributed by atoms with Crippen LogP contribution in [0.1, 0.15) is 45.9 Å². The smallest absolute Gasteiger partial charge is 0.341 e. The van der Waals surface area contributed by atoms with Crippen molar-refractivity contribution >= 4 is 34.1 Å². The van der Waals surface area contributed by atoms with Crippen LogP contribution in [-0.4, -0.2) is 42.9 Å². The molecular weight excluding hydrogens is 318 g/mol. The fourth-order valence-corrected chi connectivity index (χ4v) is 3.23. The minimum Gasteiger partial charge on any atom is -0.465 e. The van der Waals surface area contributed by atoms with Gasteiger partial charge in [0.2, 0.25) is 5.91 Å². The minimum atomic E-state index is -0.635. The van der Waals surface area contributed by atoms with Gasteiger partial charge in [0.1, 0.15) is 11.4 Å². The first-order valence-corrected chi connectivity index (χ1v) is 7.90. The monoisotopic (exact) mass is 337 g/mol. The van der Waals surface area contributed by atoms with Crippen molar-refractivity contribution in [1.29, 1.82) is 5.26 Å². The van der Waals surface area contributed by atoms with Crippen LogP contribution in [0.4, 0.5) is 5.00 Å². The third kappa shape index (κ3) is 4.07. The van der Waals surface area contributed by atoms with E-state index in [9.17, 15) is 14.4 Å². The van der Waals surface area contributed by atoms with Gasteiger partial charge in [-0.1, -0.05) is 0 Å². The highest BCUT2D eigenvalue weighted by Crippen LogP contribution is 2.34. The van der Waals surface area contributed by atoms with Gasteiger partial charge in [-0.15, -0.1) is 11.3 Å². The summed E-state index contributed by atoms with van der Waals surface area (Å²) < 4.78 is 4.73. The summed E-state index contributed by atoms with van der Waals surface area (Å²) in [5, 5.41) is 11.3. The number of carbonyl (C=O) groups excluding carboxylic acids is 3. The van der Waals surface area contributed by atoms with Crippen LogP contribution in [0, 0.1) is 18.3 Å². The molecule has 0 radical (unpaired) electrons. The number of rotatable bonds is 6. The average molecular weight is 337 g/mol. The van der Waals surface area contributed by atoms with Gasteiger partial charge in [-0.2, -0.15) is 5.26 Å². The number of esters is 1. The summed E-state index contributed by atoms with van der Waals surface area (Å²) in [6.45, 7) is 6.44. The third-order valence-electron chi connectivity index (χ3n) is 3.27. The Morgan fingerprint density at radius 2 is 1.91 bits per heavy atom. The quantitative estimate of drug-likeness (QED) is 0.802. The van der Waals surface area contributed by atoms with Crippen LogP contribution < -0.4 is 5.32 Å². The molecule has 0 aliphatic rings. The number of carbonyl (C=O) groups is 3. The van der Waals surface area contributed by atoms with E-state index < -0.39 is 11.9 Å². The van der Waals surface area contributed by atoms with Crippen LogP contribution in [0.15, 0.2) is 0 Å². The lowest BCUT2D eigenvalue weighted by atomic mass is 10.1. The maximum Gasteiger partial charge on any atom is 0.341 e. The molecule has 0 fully saturated rings. The Morgan fingerprint density at radius 3 is 2.39 bits per heavy atom. The van der Waals surface area contributed by atoms with Crippen molar-refractivity contribution in [2.45, 2.75) is 27.2 Å². The van der Waals surface area contributed by atoms with Gasteiger partial charge in [0.15, 0.2) is 0 Å². The maximum absolute atomic E-state index is 12.5. The molecule has 0 aliphatic heterocycles. The lowest BCUT2D eigenvalue weighted by Crippen LogP contribution is -2.30. The molecule has 124 valence electrons. The van der Waals surface area contributed by atoms with Gasteiger partial charge in [0.05, 0.1) is 23.6 Å². The predicted octanol–water partition coefficient (Wildman–Crippen LogP) is 2.18. The van der Waals surface area contributed by atoms with Crippen molar-refractivity contribution in [3.63, 3.8) is 0 Å². The van der Waals surface area contributed by atoms with Gasteiger partial charge in [-0.3, -0.25) is 9.59 Å². The summed E-state index contributed by atoms with van der Waals surface area (Å²) >= 11 is 1.02. The zero-order valence-electron chi connectivity index (χ0n) is 13.6. The Kier molecular flexibility index (Phi) is 6.72. The highest BCUT2D eigenvalue weighted by molar-refractivity contribution is 7.18. The van der Waals surface area contributed by atoms with E-state index in [1.54, 1.807) is 17.9 Å². The topological polar surface area (TPSA) is 99.5 Å². The molecule has 0 aromatic carbocycles. The molecule has 2 amide bonds. The highest BCUT2D eigenvalue weighted by atomic mass is 32.1. The number of hydrogen-bond donors (Lipinski definition) is 1. The molecule has 0 saturated carbocycles. The summed E-state index contributed by atoms with van der Waals surface area (Å²) in [4.78, 5) is 38.2. The van der Waals surface area contributed by atoms with Crippen molar-refractivity contribution in [1.82, 2.24) is 4.90 Å². The standard InChI is InChI=1S/C15H19N3O4S/c1-5-18(6-2)14(20)12-9(3)11(15(21)22-4)13(23-12)17-10(19)7-8-16/h5-7H2,1-4H3,(H,17,19). The number of ether oxygens (including phenoxy) is 1. The summed E-state index contributed by atoms with van der Waals surface area (Å²) in [5.74, 6) is -1.38.